The van der Waals surface area contributed by atoms with Crippen LogP contribution in [0.3, 0.4) is 0 Å². The second-order valence-corrected chi connectivity index (χ2v) is 5.40. The molecule has 0 atom stereocenters. The Balaban J connectivity index is -0.00000104. The number of H-pyrrole nitrogens is 1. The average molecular weight is 541 g/mol. The van der Waals surface area contributed by atoms with Gasteiger partial charge in [0.25, 0.3) is 0 Å². The number of aliphatic hydroxyl groups is 1. The number of rotatable bonds is 4. The number of pyridine rings is 1. The molecule has 1 aromatic carbocycles. The van der Waals surface area contributed by atoms with Crippen LogP contribution in [0, 0.1) is 6.92 Å². The van der Waals surface area contributed by atoms with Crippen molar-refractivity contribution in [3.05, 3.63) is 71.7 Å². The Morgan fingerprint density at radius 3 is 2.12 bits per heavy atom. The van der Waals surface area contributed by atoms with Gasteiger partial charge in [0.2, 0.25) is 0 Å². The first-order valence-corrected chi connectivity index (χ1v) is 8.68. The SMILES string of the molecule is C/C(=N\N=C(/[O-])c1ccc[nH+]c1)c1c(C)nn(-c2ccccc2)c1[O-].CO.C[O-].[Mo].[O-2].[O-][O-]. The fraction of sp³-hybridized carbons (Fsp3) is 0.200. The number of para-hydroxylation sites is 1. The van der Waals surface area contributed by atoms with Crippen LogP contribution >= 0.6 is 0 Å². The zero-order valence-corrected chi connectivity index (χ0v) is 20.3. The molecule has 0 aliphatic carbocycles. The first-order chi connectivity index (χ1) is 15.1. The molecule has 0 bridgehead atoms. The van der Waals surface area contributed by atoms with Crippen LogP contribution in [-0.4, -0.2) is 40.7 Å². The van der Waals surface area contributed by atoms with Crippen molar-refractivity contribution in [3.8, 4) is 11.6 Å². The number of hydrogen-bond donors (Lipinski definition) is 1. The normalized spacial score (nSPS) is 9.94. The second kappa shape index (κ2) is 19.7. The molecule has 0 amide bonds. The number of hydrogen-bond acceptors (Lipinski definition) is 9. The van der Waals surface area contributed by atoms with Crippen LogP contribution in [0.1, 0.15) is 23.7 Å². The Hall–Kier alpha value is -2.99. The Morgan fingerprint density at radius 2 is 1.61 bits per heavy atom. The number of benzene rings is 1. The van der Waals surface area contributed by atoms with Crippen LogP contribution in [0.5, 0.6) is 5.88 Å². The Bertz CT molecular complexity index is 952. The maximum Gasteiger partial charge on any atom is 0.175 e. The Kier molecular flexibility index (Phi) is 20.6. The summed E-state index contributed by atoms with van der Waals surface area (Å²) in [6, 6.07) is 12.4. The van der Waals surface area contributed by atoms with Crippen molar-refractivity contribution in [2.75, 3.05) is 14.2 Å². The topological polar surface area (TPSA) is 221 Å². The van der Waals surface area contributed by atoms with Crippen LogP contribution in [0.4, 0.5) is 0 Å². The van der Waals surface area contributed by atoms with Gasteiger partial charge in [-0.2, -0.15) is 22.4 Å². The van der Waals surface area contributed by atoms with Gasteiger partial charge in [-0.25, -0.2) is 9.67 Å². The molecular weight excluding hydrogens is 518 g/mol. The molecule has 33 heavy (non-hydrogen) atoms. The van der Waals surface area contributed by atoms with Gasteiger partial charge in [0.15, 0.2) is 12.4 Å². The second-order valence-electron chi connectivity index (χ2n) is 5.40. The molecule has 0 spiro atoms. The predicted molar refractivity (Wildman–Crippen MR) is 104 cm³/mol. The number of nitrogens with zero attached hydrogens (tertiary/aromatic N) is 4. The van der Waals surface area contributed by atoms with Gasteiger partial charge >= 0.3 is 0 Å². The van der Waals surface area contributed by atoms with Crippen molar-refractivity contribution in [3.63, 3.8) is 0 Å². The molecule has 0 unspecified atom stereocenters. The summed E-state index contributed by atoms with van der Waals surface area (Å²) in [6.07, 6.45) is 3.23. The Morgan fingerprint density at radius 1 is 1.03 bits per heavy atom. The average Bonchev–Trinajstić information content (AvgIpc) is 3.16. The standard InChI is InChI=1S/C18H17N5O2.CH4O.CH3O.Mo.O2.O/c1-12(20-21-17(24)14-7-6-10-19-11-14)16-13(2)22-23(18(16)25)15-8-4-3-5-9-15;2*1-2;;1-2;/h3-11,25H,1-2H3,(H,21,24);2H,1H3;1H3;;;/q;;-1;;2*-2/p-1/b20-12+;;;;;. The van der Waals surface area contributed by atoms with E-state index >= 15 is 0 Å². The number of aryl methyl sites for hydroxylation is 1. The summed E-state index contributed by atoms with van der Waals surface area (Å²) in [5, 5.41) is 65.8. The van der Waals surface area contributed by atoms with Crippen molar-refractivity contribution in [2.45, 2.75) is 13.8 Å². The van der Waals surface area contributed by atoms with Crippen molar-refractivity contribution in [1.29, 1.82) is 0 Å². The maximum absolute atomic E-state index is 12.6. The Labute approximate surface area is 205 Å². The first kappa shape index (κ1) is 34.6. The maximum atomic E-state index is 12.6. The quantitative estimate of drug-likeness (QED) is 0.116. The smallest absolute Gasteiger partial charge is 0.175 e. The summed E-state index contributed by atoms with van der Waals surface area (Å²) in [5.41, 5.74) is 2.28. The van der Waals surface area contributed by atoms with Crippen molar-refractivity contribution in [2.24, 2.45) is 10.2 Å². The first-order valence-electron chi connectivity index (χ1n) is 8.68. The molecule has 0 radical (unpaired) electrons. The minimum absolute atomic E-state index is 0. The van der Waals surface area contributed by atoms with E-state index in [4.69, 9.17) is 20.7 Å². The minimum Gasteiger partial charge on any atom is -2.00 e. The van der Waals surface area contributed by atoms with Crippen LogP contribution in [0.25, 0.3) is 5.69 Å². The molecule has 2 heterocycles. The van der Waals surface area contributed by atoms with E-state index < -0.39 is 5.90 Å². The van der Waals surface area contributed by atoms with Gasteiger partial charge in [0.05, 0.1) is 22.7 Å². The van der Waals surface area contributed by atoms with E-state index in [2.05, 4.69) is 20.3 Å². The molecule has 0 saturated heterocycles. The molecule has 0 fully saturated rings. The molecule has 3 rings (SSSR count). The molecule has 12 nitrogen and oxygen atoms in total. The van der Waals surface area contributed by atoms with Gasteiger partial charge in [-0.15, -0.1) is 0 Å². The van der Waals surface area contributed by atoms with Crippen LogP contribution < -0.4 is 30.8 Å². The summed E-state index contributed by atoms with van der Waals surface area (Å²) < 4.78 is 1.32. The molecular formula is C20H23MoN5O7-6. The summed E-state index contributed by atoms with van der Waals surface area (Å²) in [7, 11) is 1.75. The number of aromatic amines is 1. The molecule has 0 saturated carbocycles. The minimum atomic E-state index is -0.489. The monoisotopic (exact) mass is 543 g/mol. The fourth-order valence-electron chi connectivity index (χ4n) is 2.42. The van der Waals surface area contributed by atoms with Crippen LogP contribution in [-0.2, 0) is 26.5 Å². The summed E-state index contributed by atoms with van der Waals surface area (Å²) in [6.45, 7) is 3.36. The van der Waals surface area contributed by atoms with E-state index in [9.17, 15) is 10.2 Å². The van der Waals surface area contributed by atoms with E-state index in [1.807, 2.05) is 18.2 Å². The molecule has 3 aromatic rings. The molecule has 0 aliphatic heterocycles. The van der Waals surface area contributed by atoms with E-state index in [0.29, 0.717) is 28.2 Å². The summed E-state index contributed by atoms with van der Waals surface area (Å²) >= 11 is 0. The van der Waals surface area contributed by atoms with E-state index in [-0.39, 0.29) is 32.4 Å². The zero-order valence-electron chi connectivity index (χ0n) is 18.3. The van der Waals surface area contributed by atoms with Gasteiger partial charge < -0.3 is 36.4 Å². The van der Waals surface area contributed by atoms with Gasteiger partial charge in [-0.3, -0.25) is 0 Å². The third-order valence-electron chi connectivity index (χ3n) is 3.63. The molecule has 2 N–H and O–H groups in total. The van der Waals surface area contributed by atoms with Gasteiger partial charge in [0.1, 0.15) is 0 Å². The van der Waals surface area contributed by atoms with Crippen molar-refractivity contribution in [1.82, 2.24) is 9.78 Å². The number of nitrogens with one attached hydrogen (secondary N) is 1. The van der Waals surface area contributed by atoms with Crippen LogP contribution in [0.15, 0.2) is 65.1 Å². The van der Waals surface area contributed by atoms with E-state index in [1.165, 1.54) is 10.9 Å². The van der Waals surface area contributed by atoms with Crippen LogP contribution in [0.2, 0.25) is 0 Å². The largest absolute Gasteiger partial charge is 2.00 e. The number of aromatic nitrogens is 3. The van der Waals surface area contributed by atoms with E-state index in [0.717, 1.165) is 14.2 Å². The van der Waals surface area contributed by atoms with Gasteiger partial charge in [-0.05, 0) is 32.0 Å². The van der Waals surface area contributed by atoms with Crippen molar-refractivity contribution >= 4 is 11.6 Å². The van der Waals surface area contributed by atoms with E-state index in [1.54, 1.807) is 44.3 Å². The zero-order chi connectivity index (χ0) is 23.8. The van der Waals surface area contributed by atoms with Crippen molar-refractivity contribution < 1.29 is 62.5 Å². The molecule has 182 valence electrons. The summed E-state index contributed by atoms with van der Waals surface area (Å²) in [5.74, 6) is -0.780. The molecule has 13 heteroatoms. The third kappa shape index (κ3) is 10.00. The predicted octanol–water partition coefficient (Wildman–Crippen LogP) is -3.31. The molecule has 2 aromatic heterocycles. The van der Waals surface area contributed by atoms with Gasteiger partial charge in [-0.1, -0.05) is 18.2 Å². The third-order valence-corrected chi connectivity index (χ3v) is 3.63. The van der Waals surface area contributed by atoms with Gasteiger partial charge in [0, 0.05) is 51.6 Å². The summed E-state index contributed by atoms with van der Waals surface area (Å²) in [4.78, 5) is 2.81. The number of aliphatic hydroxyl groups excluding tert-OH is 1. The fourth-order valence-corrected chi connectivity index (χ4v) is 2.42. The molecule has 0 aliphatic rings.